The maximum atomic E-state index is 12.2. The van der Waals surface area contributed by atoms with Crippen molar-refractivity contribution < 1.29 is 19.2 Å². The summed E-state index contributed by atoms with van der Waals surface area (Å²) < 4.78 is 5.07. The number of nitro benzene ring substituents is 1. The molecule has 2 aromatic carbocycles. The maximum absolute atomic E-state index is 12.2. The number of hydrogen-bond donors (Lipinski definition) is 1. The fourth-order valence-corrected chi connectivity index (χ4v) is 2.38. The summed E-state index contributed by atoms with van der Waals surface area (Å²) in [7, 11) is 0. The average Bonchev–Trinajstić information content (AvgIpc) is 2.58. The van der Waals surface area contributed by atoms with Crippen LogP contribution in [0.3, 0.4) is 0 Å². The second-order valence-corrected chi connectivity index (χ2v) is 6.26. The number of hydrogen-bond acceptors (Lipinski definition) is 5. The third-order valence-electron chi connectivity index (χ3n) is 3.49. The van der Waals surface area contributed by atoms with Crippen LogP contribution in [0.15, 0.2) is 36.4 Å². The molecular formula is C17H14Cl2N2O5. The molecule has 26 heavy (non-hydrogen) atoms. The van der Waals surface area contributed by atoms with Gasteiger partial charge >= 0.3 is 5.97 Å². The van der Waals surface area contributed by atoms with Crippen LogP contribution in [0.25, 0.3) is 0 Å². The number of esters is 1. The Labute approximate surface area is 159 Å². The minimum Gasteiger partial charge on any atom is -0.449 e. The topological polar surface area (TPSA) is 98.5 Å². The van der Waals surface area contributed by atoms with Gasteiger partial charge in [0, 0.05) is 16.8 Å². The van der Waals surface area contributed by atoms with E-state index >= 15 is 0 Å². The molecule has 0 spiro atoms. The van der Waals surface area contributed by atoms with Crippen LogP contribution in [0.1, 0.15) is 22.8 Å². The standard InChI is InChI=1S/C17H14Cl2N2O5/c1-9-3-5-12(18)8-14(9)20-16(22)10(2)26-17(23)11-4-6-13(19)15(7-11)21(24)25/h3-8,10H,1-2H3,(H,20,22)/t10-/m1/s1. The van der Waals surface area contributed by atoms with E-state index in [2.05, 4.69) is 5.32 Å². The Hall–Kier alpha value is -2.64. The van der Waals surface area contributed by atoms with Crippen LogP contribution in [0, 0.1) is 17.0 Å². The zero-order valence-electron chi connectivity index (χ0n) is 13.8. The van der Waals surface area contributed by atoms with Crippen molar-refractivity contribution in [3.8, 4) is 0 Å². The zero-order valence-corrected chi connectivity index (χ0v) is 15.3. The van der Waals surface area contributed by atoms with Crippen LogP contribution in [0.5, 0.6) is 0 Å². The van der Waals surface area contributed by atoms with Crippen molar-refractivity contribution in [3.63, 3.8) is 0 Å². The van der Waals surface area contributed by atoms with E-state index in [4.69, 9.17) is 27.9 Å². The molecular weight excluding hydrogens is 383 g/mol. The summed E-state index contributed by atoms with van der Waals surface area (Å²) in [6, 6.07) is 8.49. The Kier molecular flexibility index (Phi) is 6.18. The molecule has 0 saturated heterocycles. The van der Waals surface area contributed by atoms with Gasteiger partial charge in [-0.25, -0.2) is 4.79 Å². The van der Waals surface area contributed by atoms with Crippen molar-refractivity contribution in [2.24, 2.45) is 0 Å². The molecule has 0 radical (unpaired) electrons. The molecule has 7 nitrogen and oxygen atoms in total. The maximum Gasteiger partial charge on any atom is 0.339 e. The van der Waals surface area contributed by atoms with E-state index in [1.165, 1.54) is 19.1 Å². The number of rotatable bonds is 5. The molecule has 0 bridgehead atoms. The average molecular weight is 397 g/mol. The van der Waals surface area contributed by atoms with Crippen molar-refractivity contribution in [1.29, 1.82) is 0 Å². The molecule has 2 aromatic rings. The summed E-state index contributed by atoms with van der Waals surface area (Å²) >= 11 is 11.6. The van der Waals surface area contributed by atoms with E-state index in [0.29, 0.717) is 10.7 Å². The number of nitrogens with zero attached hydrogens (tertiary/aromatic N) is 1. The first-order chi connectivity index (χ1) is 12.2. The van der Waals surface area contributed by atoms with Crippen molar-refractivity contribution >= 4 is 46.5 Å². The first-order valence-corrected chi connectivity index (χ1v) is 8.16. The van der Waals surface area contributed by atoms with Gasteiger partial charge in [0.25, 0.3) is 11.6 Å². The van der Waals surface area contributed by atoms with Crippen LogP contribution in [-0.4, -0.2) is 22.9 Å². The third kappa shape index (κ3) is 4.71. The number of halogens is 2. The summed E-state index contributed by atoms with van der Waals surface area (Å²) in [5.74, 6) is -1.44. The fourth-order valence-electron chi connectivity index (χ4n) is 2.02. The van der Waals surface area contributed by atoms with Gasteiger partial charge in [-0.15, -0.1) is 0 Å². The number of ether oxygens (including phenoxy) is 1. The Morgan fingerprint density at radius 2 is 1.88 bits per heavy atom. The lowest BCUT2D eigenvalue weighted by molar-refractivity contribution is -0.384. The smallest absolute Gasteiger partial charge is 0.339 e. The molecule has 9 heteroatoms. The van der Waals surface area contributed by atoms with Crippen molar-refractivity contribution in [1.82, 2.24) is 0 Å². The lowest BCUT2D eigenvalue weighted by Crippen LogP contribution is -2.30. The summed E-state index contributed by atoms with van der Waals surface area (Å²) in [5.41, 5.74) is 0.773. The molecule has 2 rings (SSSR count). The van der Waals surface area contributed by atoms with E-state index in [1.54, 1.807) is 25.1 Å². The summed E-state index contributed by atoms with van der Waals surface area (Å²) in [6.45, 7) is 3.17. The fraction of sp³-hybridized carbons (Fsp3) is 0.176. The second kappa shape index (κ2) is 8.16. The number of carbonyl (C=O) groups is 2. The van der Waals surface area contributed by atoms with Gasteiger partial charge in [-0.05, 0) is 43.7 Å². The molecule has 0 aliphatic carbocycles. The van der Waals surface area contributed by atoms with E-state index < -0.39 is 28.6 Å². The molecule has 136 valence electrons. The van der Waals surface area contributed by atoms with Crippen LogP contribution >= 0.6 is 23.2 Å². The number of nitrogens with one attached hydrogen (secondary N) is 1. The summed E-state index contributed by atoms with van der Waals surface area (Å²) in [4.78, 5) is 34.5. The highest BCUT2D eigenvalue weighted by molar-refractivity contribution is 6.32. The van der Waals surface area contributed by atoms with Gasteiger partial charge in [0.1, 0.15) is 5.02 Å². The molecule has 1 atom stereocenters. The van der Waals surface area contributed by atoms with Crippen LogP contribution < -0.4 is 5.32 Å². The Morgan fingerprint density at radius 3 is 2.54 bits per heavy atom. The van der Waals surface area contributed by atoms with E-state index in [9.17, 15) is 19.7 Å². The summed E-state index contributed by atoms with van der Waals surface area (Å²) in [6.07, 6.45) is -1.13. The van der Waals surface area contributed by atoms with Crippen LogP contribution in [0.2, 0.25) is 10.0 Å². The largest absolute Gasteiger partial charge is 0.449 e. The predicted molar refractivity (Wildman–Crippen MR) is 97.8 cm³/mol. The van der Waals surface area contributed by atoms with Gasteiger partial charge in [0.2, 0.25) is 0 Å². The van der Waals surface area contributed by atoms with Gasteiger partial charge in [-0.2, -0.15) is 0 Å². The Balaban J connectivity index is 2.09. The molecule has 0 aromatic heterocycles. The lowest BCUT2D eigenvalue weighted by atomic mass is 10.2. The van der Waals surface area contributed by atoms with Crippen LogP contribution in [0.4, 0.5) is 11.4 Å². The third-order valence-corrected chi connectivity index (χ3v) is 4.04. The minimum absolute atomic E-state index is 0.0836. The van der Waals surface area contributed by atoms with Crippen molar-refractivity contribution in [3.05, 3.63) is 67.7 Å². The molecule has 0 heterocycles. The number of aryl methyl sites for hydroxylation is 1. The normalized spacial score (nSPS) is 11.5. The quantitative estimate of drug-likeness (QED) is 0.458. The predicted octanol–water partition coefficient (Wildman–Crippen LogP) is 4.39. The Bertz CT molecular complexity index is 885. The highest BCUT2D eigenvalue weighted by Crippen LogP contribution is 2.25. The minimum atomic E-state index is -1.13. The molecule has 0 saturated carbocycles. The molecule has 1 N–H and O–H groups in total. The lowest BCUT2D eigenvalue weighted by Gasteiger charge is -2.15. The van der Waals surface area contributed by atoms with Gasteiger partial charge in [0.05, 0.1) is 10.5 Å². The number of amides is 1. The van der Waals surface area contributed by atoms with E-state index in [1.807, 2.05) is 0 Å². The number of nitro groups is 1. The van der Waals surface area contributed by atoms with Gasteiger partial charge in [-0.3, -0.25) is 14.9 Å². The highest BCUT2D eigenvalue weighted by atomic mass is 35.5. The molecule has 0 unspecified atom stereocenters. The van der Waals surface area contributed by atoms with Crippen LogP contribution in [-0.2, 0) is 9.53 Å². The van der Waals surface area contributed by atoms with Gasteiger partial charge < -0.3 is 10.1 Å². The van der Waals surface area contributed by atoms with Crippen molar-refractivity contribution in [2.45, 2.75) is 20.0 Å². The molecule has 0 aliphatic rings. The van der Waals surface area contributed by atoms with E-state index in [0.717, 1.165) is 11.6 Å². The monoisotopic (exact) mass is 396 g/mol. The first kappa shape index (κ1) is 19.7. The SMILES string of the molecule is Cc1ccc(Cl)cc1NC(=O)[C@@H](C)OC(=O)c1ccc(Cl)c([N+](=O)[O-])c1. The second-order valence-electron chi connectivity index (χ2n) is 5.42. The molecule has 1 amide bonds. The first-order valence-electron chi connectivity index (χ1n) is 7.41. The number of benzene rings is 2. The van der Waals surface area contributed by atoms with E-state index in [-0.39, 0.29) is 10.6 Å². The number of anilines is 1. The zero-order chi connectivity index (χ0) is 19.4. The molecule has 0 aliphatic heterocycles. The van der Waals surface area contributed by atoms with Crippen molar-refractivity contribution in [2.75, 3.05) is 5.32 Å². The van der Waals surface area contributed by atoms with Gasteiger partial charge in [-0.1, -0.05) is 29.3 Å². The summed E-state index contributed by atoms with van der Waals surface area (Å²) in [5, 5.41) is 13.8. The Morgan fingerprint density at radius 1 is 1.19 bits per heavy atom. The van der Waals surface area contributed by atoms with Gasteiger partial charge in [0.15, 0.2) is 6.10 Å². The molecule has 0 fully saturated rings. The number of carbonyl (C=O) groups excluding carboxylic acids is 2. The highest BCUT2D eigenvalue weighted by Gasteiger charge is 2.22.